The molecule has 396 valence electrons. The van der Waals surface area contributed by atoms with Crippen molar-refractivity contribution in [1.29, 1.82) is 0 Å². The van der Waals surface area contributed by atoms with Gasteiger partial charge in [0.05, 0.1) is 19.5 Å². The number of nitrogen functional groups attached to an aromatic ring is 1. The van der Waals surface area contributed by atoms with Crippen LogP contribution in [0.2, 0.25) is 0 Å². The third kappa shape index (κ3) is 17.2. The first kappa shape index (κ1) is 57.8. The normalized spacial score (nSPS) is 21.2. The maximum Gasteiger partial charge on any atom is 0.481 e. The average Bonchev–Trinajstić information content (AvgIpc) is 3.80. The van der Waals surface area contributed by atoms with E-state index in [1.54, 1.807) is 0 Å². The summed E-state index contributed by atoms with van der Waals surface area (Å²) in [7, 11) is -16.5. The van der Waals surface area contributed by atoms with E-state index in [0.717, 1.165) is 68.6 Å². The summed E-state index contributed by atoms with van der Waals surface area (Å²) in [4.78, 5) is 100. The Balaban J connectivity index is 0.976. The maximum atomic E-state index is 13.1. The van der Waals surface area contributed by atoms with Crippen LogP contribution in [0.25, 0.3) is 11.2 Å². The Bertz CT molecular complexity index is 2480. The highest BCUT2D eigenvalue weighted by Crippen LogP contribution is 2.61. The molecule has 0 bridgehead atoms. The fraction of sp³-hybridized carbons (Fsp3) is 0.643. The number of benzene rings is 1. The molecule has 0 spiro atoms. The molecule has 71 heavy (non-hydrogen) atoms. The lowest BCUT2D eigenvalue weighted by Gasteiger charge is -2.30. The highest BCUT2D eigenvalue weighted by Gasteiger charge is 2.50. The van der Waals surface area contributed by atoms with Crippen LogP contribution >= 0.6 is 23.5 Å². The molecule has 29 heteroatoms. The van der Waals surface area contributed by atoms with E-state index in [2.05, 4.69) is 52.6 Å². The molecular weight excluding hydrogens is 999 g/mol. The molecule has 1 saturated carbocycles. The van der Waals surface area contributed by atoms with Crippen LogP contribution in [0.4, 0.5) is 5.82 Å². The first-order chi connectivity index (χ1) is 33.2. The molecule has 1 aliphatic carbocycles. The van der Waals surface area contributed by atoms with Crippen LogP contribution in [0.5, 0.6) is 0 Å². The SMILES string of the molecule is CC(C)(CCCCc1cccc(CCCC2(OC=O)CC2)c1)C(=O)CCNC(=O)CCNC(=O)C(O)C(C)(C)COP(=O)(O)OP(=O)(O)OCC1OC(n2cnc3c(N)ncnc32)C(O)C1OP(=O)(O)O. The Labute approximate surface area is 409 Å². The van der Waals surface area contributed by atoms with Crippen LogP contribution in [0.15, 0.2) is 36.9 Å². The molecule has 26 nitrogen and oxygen atoms in total. The Kier molecular flexibility index (Phi) is 19.8. The van der Waals surface area contributed by atoms with Crippen LogP contribution in [0, 0.1) is 10.8 Å². The number of aliphatic hydroxyl groups is 2. The summed E-state index contributed by atoms with van der Waals surface area (Å²) < 4.78 is 67.8. The van der Waals surface area contributed by atoms with E-state index in [1.807, 2.05) is 19.9 Å². The number of imidazole rings is 1. The summed E-state index contributed by atoms with van der Waals surface area (Å²) >= 11 is 0. The number of aryl methyl sites for hydroxylation is 2. The van der Waals surface area contributed by atoms with Gasteiger partial charge in [0.25, 0.3) is 6.47 Å². The molecular formula is C42H64N7O19P3. The molecule has 3 aromatic rings. The number of phosphoric acid groups is 3. The van der Waals surface area contributed by atoms with Gasteiger partial charge in [-0.1, -0.05) is 58.4 Å². The number of carbonyl (C=O) groups excluding carboxylic acids is 4. The molecule has 0 radical (unpaired) electrons. The fourth-order valence-electron chi connectivity index (χ4n) is 7.85. The average molecular weight is 1060 g/mol. The number of carbonyl (C=O) groups is 4. The number of fused-ring (bicyclic) bond motifs is 1. The van der Waals surface area contributed by atoms with Gasteiger partial charge in [0.1, 0.15) is 47.6 Å². The van der Waals surface area contributed by atoms with E-state index in [0.29, 0.717) is 12.9 Å². The maximum absolute atomic E-state index is 13.1. The number of aromatic nitrogens is 4. The van der Waals surface area contributed by atoms with Gasteiger partial charge in [-0.15, -0.1) is 0 Å². The summed E-state index contributed by atoms with van der Waals surface area (Å²) in [5.74, 6) is -1.52. The molecule has 10 N–H and O–H groups in total. The lowest BCUT2D eigenvalue weighted by Crippen LogP contribution is -2.46. The predicted molar refractivity (Wildman–Crippen MR) is 249 cm³/mol. The molecule has 2 fully saturated rings. The third-order valence-electron chi connectivity index (χ3n) is 12.2. The van der Waals surface area contributed by atoms with Gasteiger partial charge < -0.3 is 55.6 Å². The van der Waals surface area contributed by atoms with Crippen LogP contribution in [-0.2, 0) is 73.1 Å². The zero-order valence-corrected chi connectivity index (χ0v) is 42.4. The second kappa shape index (κ2) is 24.3. The lowest BCUT2D eigenvalue weighted by atomic mass is 9.81. The number of nitrogens with zero attached hydrogens (tertiary/aromatic N) is 4. The van der Waals surface area contributed by atoms with E-state index in [1.165, 1.54) is 25.0 Å². The van der Waals surface area contributed by atoms with Gasteiger partial charge in [-0.25, -0.2) is 28.6 Å². The molecule has 2 aromatic heterocycles. The molecule has 1 aromatic carbocycles. The minimum atomic E-state index is -5.60. The molecule has 7 atom stereocenters. The number of anilines is 1. The van der Waals surface area contributed by atoms with Gasteiger partial charge in [-0.05, 0) is 62.5 Å². The molecule has 2 aliphatic rings. The van der Waals surface area contributed by atoms with Crippen LogP contribution < -0.4 is 16.4 Å². The topological polar surface area (TPSA) is 390 Å². The number of hydrogen-bond donors (Lipinski definition) is 9. The Morgan fingerprint density at radius 2 is 1.62 bits per heavy atom. The van der Waals surface area contributed by atoms with Gasteiger partial charge in [0.2, 0.25) is 11.8 Å². The number of rotatable bonds is 31. The van der Waals surface area contributed by atoms with Crippen molar-refractivity contribution in [3.63, 3.8) is 0 Å². The monoisotopic (exact) mass is 1060 g/mol. The second-order valence-electron chi connectivity index (χ2n) is 18.9. The van der Waals surface area contributed by atoms with E-state index in [-0.39, 0.29) is 54.3 Å². The van der Waals surface area contributed by atoms with Gasteiger partial charge in [0, 0.05) is 36.8 Å². The van der Waals surface area contributed by atoms with E-state index >= 15 is 0 Å². The van der Waals surface area contributed by atoms with Crippen molar-refractivity contribution in [1.82, 2.24) is 30.2 Å². The zero-order chi connectivity index (χ0) is 52.4. The Morgan fingerprint density at radius 3 is 2.28 bits per heavy atom. The summed E-state index contributed by atoms with van der Waals surface area (Å²) in [5, 5.41) is 26.7. The summed E-state index contributed by atoms with van der Waals surface area (Å²) in [6.45, 7) is 4.60. The number of ketones is 1. The quantitative estimate of drug-likeness (QED) is 0.0254. The first-order valence-electron chi connectivity index (χ1n) is 22.8. The van der Waals surface area contributed by atoms with Crippen molar-refractivity contribution in [2.75, 3.05) is 32.0 Å². The summed E-state index contributed by atoms with van der Waals surface area (Å²) in [5.41, 5.74) is 5.85. The molecule has 5 rings (SSSR count). The second-order valence-corrected chi connectivity index (χ2v) is 23.1. The van der Waals surface area contributed by atoms with Gasteiger partial charge in [0.15, 0.2) is 17.7 Å². The van der Waals surface area contributed by atoms with E-state index in [9.17, 15) is 62.7 Å². The Morgan fingerprint density at radius 1 is 0.958 bits per heavy atom. The van der Waals surface area contributed by atoms with Crippen molar-refractivity contribution < 1.29 is 90.0 Å². The van der Waals surface area contributed by atoms with Crippen LogP contribution in [0.1, 0.15) is 103 Å². The lowest BCUT2D eigenvalue weighted by molar-refractivity contribution is -0.137. The predicted octanol–water partition coefficient (Wildman–Crippen LogP) is 2.83. The number of nitrogens with one attached hydrogen (secondary N) is 2. The van der Waals surface area contributed by atoms with Gasteiger partial charge in [-0.3, -0.25) is 37.3 Å². The third-order valence-corrected chi connectivity index (χ3v) is 15.3. The first-order valence-corrected chi connectivity index (χ1v) is 27.3. The van der Waals surface area contributed by atoms with Crippen LogP contribution in [-0.4, -0.2) is 130 Å². The number of aliphatic hydroxyl groups excluding tert-OH is 2. The van der Waals surface area contributed by atoms with Crippen molar-refractivity contribution in [3.05, 3.63) is 48.0 Å². The molecule has 7 unspecified atom stereocenters. The zero-order valence-electron chi connectivity index (χ0n) is 39.7. The highest BCUT2D eigenvalue weighted by atomic mass is 31.3. The van der Waals surface area contributed by atoms with Gasteiger partial charge >= 0.3 is 23.5 Å². The minimum Gasteiger partial charge on any atom is -0.461 e. The molecule has 2 amide bonds. The number of phosphoric ester groups is 3. The number of Topliss-reactive ketones (excluding diaryl/α,β-unsaturated/α-hetero) is 1. The number of nitrogens with two attached hydrogens (primary N) is 1. The van der Waals surface area contributed by atoms with Crippen molar-refractivity contribution in [3.8, 4) is 0 Å². The van der Waals surface area contributed by atoms with Crippen molar-refractivity contribution >= 4 is 64.5 Å². The van der Waals surface area contributed by atoms with Crippen molar-refractivity contribution in [2.24, 2.45) is 10.8 Å². The molecule has 1 aliphatic heterocycles. The standard InChI is InChI=1S/C42H64N7O19P3/c1-40(2,15-6-5-9-27-10-7-11-28(21-27)12-8-16-42(17-18-42)63-26-50)30(51)13-19-44-31(52)14-20-45-38(55)35(54)41(3,4)23-65-71(61,62)68-70(59,60)64-22-29-34(67-69(56,57)58)33(53)39(66-29)49-25-48-32-36(43)46-24-47-37(32)49/h7,10-11,21,24-26,29,33-35,39,53-54H,5-6,8-9,12-20,22-23H2,1-4H3,(H,44,52)(H,45,55)(H,59,60)(H,61,62)(H2,43,46,47)(H2,56,57,58). The molecule has 1 saturated heterocycles. The fourth-order valence-corrected chi connectivity index (χ4v) is 10.7. The largest absolute Gasteiger partial charge is 0.481 e. The van der Waals surface area contributed by atoms with Crippen molar-refractivity contribution in [2.45, 2.75) is 135 Å². The van der Waals surface area contributed by atoms with E-state index in [4.69, 9.17) is 24.3 Å². The number of amides is 2. The highest BCUT2D eigenvalue weighted by molar-refractivity contribution is 7.61. The van der Waals surface area contributed by atoms with E-state index < -0.39 is 90.0 Å². The number of ether oxygens (including phenoxy) is 2. The molecule has 3 heterocycles. The smallest absolute Gasteiger partial charge is 0.461 e. The number of unbranched alkanes of at least 4 members (excludes halogenated alkanes) is 1. The Hall–Kier alpha value is -4.10. The van der Waals surface area contributed by atoms with Gasteiger partial charge in [-0.2, -0.15) is 4.31 Å². The summed E-state index contributed by atoms with van der Waals surface area (Å²) in [6, 6.07) is 8.44. The summed E-state index contributed by atoms with van der Waals surface area (Å²) in [6.07, 6.45) is 0.904. The van der Waals surface area contributed by atoms with Crippen LogP contribution in [0.3, 0.4) is 0 Å². The minimum absolute atomic E-state index is 0.0129. The number of hydrogen-bond acceptors (Lipinski definition) is 19.